The van der Waals surface area contributed by atoms with Crippen LogP contribution in [0.5, 0.6) is 0 Å². The van der Waals surface area contributed by atoms with Crippen molar-refractivity contribution in [3.05, 3.63) is 386 Å². The zero-order valence-corrected chi connectivity index (χ0v) is 62.4. The Morgan fingerprint density at radius 2 is 0.509 bits per heavy atom. The minimum atomic E-state index is -0.173. The van der Waals surface area contributed by atoms with Gasteiger partial charge in [0.15, 0.2) is 0 Å². The van der Waals surface area contributed by atoms with Gasteiger partial charge >= 0.3 is 0 Å². The molecule has 0 spiro atoms. The summed E-state index contributed by atoms with van der Waals surface area (Å²) in [6.07, 6.45) is 0. The van der Waals surface area contributed by atoms with Gasteiger partial charge in [-0.1, -0.05) is 252 Å². The molecule has 0 saturated carbocycles. The van der Waals surface area contributed by atoms with E-state index in [0.717, 1.165) is 34.1 Å². The molecule has 0 amide bonds. The lowest BCUT2D eigenvalue weighted by Gasteiger charge is -2.25. The third-order valence-corrected chi connectivity index (χ3v) is 25.7. The van der Waals surface area contributed by atoms with Crippen LogP contribution in [0.2, 0.25) is 0 Å². The zero-order chi connectivity index (χ0) is 74.0. The number of rotatable bonds is 8. The molecule has 112 heavy (non-hydrogen) atoms. The van der Waals surface area contributed by atoms with Gasteiger partial charge < -0.3 is 18.6 Å². The van der Waals surface area contributed by atoms with Crippen molar-refractivity contribution in [1.29, 1.82) is 0 Å². The third kappa shape index (κ3) is 8.89. The van der Waals surface area contributed by atoms with E-state index in [1.165, 1.54) is 197 Å². The quantitative estimate of drug-likeness (QED) is 0.139. The molecule has 24 rings (SSSR count). The molecular formula is C108H72N4. The van der Waals surface area contributed by atoms with Crippen LogP contribution in [0.25, 0.3) is 192 Å². The fourth-order valence-electron chi connectivity index (χ4n) is 20.4. The molecule has 22 aromatic rings. The van der Waals surface area contributed by atoms with E-state index in [-0.39, 0.29) is 10.8 Å². The normalized spacial score (nSPS) is 13.5. The van der Waals surface area contributed by atoms with E-state index >= 15 is 0 Å². The number of nitrogens with zero attached hydrogens (tertiary/aromatic N) is 4. The lowest BCUT2D eigenvalue weighted by Crippen LogP contribution is -2.14. The fourth-order valence-corrected chi connectivity index (χ4v) is 20.4. The van der Waals surface area contributed by atoms with Crippen LogP contribution in [-0.2, 0) is 10.8 Å². The number of fused-ring (bicyclic) bond motifs is 27. The van der Waals surface area contributed by atoms with Crippen LogP contribution >= 0.6 is 0 Å². The van der Waals surface area contributed by atoms with Gasteiger partial charge in [0, 0.05) is 77.3 Å². The van der Waals surface area contributed by atoms with Crippen molar-refractivity contribution >= 4 is 147 Å². The second-order valence-corrected chi connectivity index (χ2v) is 32.3. The first-order valence-electron chi connectivity index (χ1n) is 39.3. The fraction of sp³-hybridized carbons (Fsp3) is 0.0556. The molecule has 0 fully saturated rings. The van der Waals surface area contributed by atoms with E-state index < -0.39 is 0 Å². The van der Waals surface area contributed by atoms with Gasteiger partial charge in [0.05, 0.1) is 33.1 Å². The molecule has 4 nitrogen and oxygen atoms in total. The van der Waals surface area contributed by atoms with E-state index in [2.05, 4.69) is 410 Å². The molecule has 0 radical (unpaired) electrons. The van der Waals surface area contributed by atoms with Crippen molar-refractivity contribution in [3.8, 4) is 61.6 Å². The van der Waals surface area contributed by atoms with Crippen LogP contribution in [0.15, 0.2) is 364 Å². The van der Waals surface area contributed by atoms with Crippen LogP contribution in [0, 0.1) is 0 Å². The first-order valence-corrected chi connectivity index (χ1v) is 39.3. The molecule has 19 aromatic carbocycles. The van der Waals surface area contributed by atoms with Crippen molar-refractivity contribution in [2.45, 2.75) is 38.5 Å². The van der Waals surface area contributed by atoms with Gasteiger partial charge in [-0.15, -0.1) is 0 Å². The number of para-hydroxylation sites is 3. The molecule has 0 bridgehead atoms. The zero-order valence-electron chi connectivity index (χ0n) is 62.4. The van der Waals surface area contributed by atoms with Crippen LogP contribution < -0.4 is 4.90 Å². The summed E-state index contributed by atoms with van der Waals surface area (Å²) in [6, 6.07) is 137. The smallest absolute Gasteiger partial charge is 0.0544 e. The molecular weight excluding hydrogens is 1350 g/mol. The highest BCUT2D eigenvalue weighted by molar-refractivity contribution is 6.28. The lowest BCUT2D eigenvalue weighted by molar-refractivity contribution is 0.661. The average molecular weight is 1430 g/mol. The second-order valence-electron chi connectivity index (χ2n) is 32.3. The molecule has 524 valence electrons. The summed E-state index contributed by atoms with van der Waals surface area (Å²) in [5, 5.41) is 22.5. The average Bonchev–Trinajstić information content (AvgIpc) is 1.58. The maximum Gasteiger partial charge on any atom is 0.0544 e. The van der Waals surface area contributed by atoms with Gasteiger partial charge in [-0.2, -0.15) is 0 Å². The molecule has 0 atom stereocenters. The topological polar surface area (TPSA) is 18.0 Å². The van der Waals surface area contributed by atoms with Crippen LogP contribution in [0.1, 0.15) is 49.9 Å². The predicted molar refractivity (Wildman–Crippen MR) is 475 cm³/mol. The molecule has 4 heteroatoms. The summed E-state index contributed by atoms with van der Waals surface area (Å²) in [5.41, 5.74) is 29.0. The first kappa shape index (κ1) is 62.9. The van der Waals surface area contributed by atoms with Crippen molar-refractivity contribution in [2.24, 2.45) is 0 Å². The van der Waals surface area contributed by atoms with Crippen LogP contribution in [-0.4, -0.2) is 13.7 Å². The van der Waals surface area contributed by atoms with Gasteiger partial charge in [-0.3, -0.25) is 0 Å². The van der Waals surface area contributed by atoms with Crippen LogP contribution in [0.3, 0.4) is 0 Å². The maximum absolute atomic E-state index is 2.54. The van der Waals surface area contributed by atoms with Gasteiger partial charge in [0.2, 0.25) is 0 Å². The van der Waals surface area contributed by atoms with E-state index in [1.807, 2.05) is 0 Å². The van der Waals surface area contributed by atoms with Gasteiger partial charge in [0.1, 0.15) is 0 Å². The third-order valence-electron chi connectivity index (χ3n) is 25.7. The van der Waals surface area contributed by atoms with E-state index in [1.54, 1.807) is 0 Å². The van der Waals surface area contributed by atoms with Crippen molar-refractivity contribution < 1.29 is 0 Å². The molecule has 2 aliphatic rings. The summed E-state index contributed by atoms with van der Waals surface area (Å²) in [6.45, 7) is 9.57. The highest BCUT2D eigenvalue weighted by Gasteiger charge is 2.38. The Morgan fingerprint density at radius 3 is 1.03 bits per heavy atom. The van der Waals surface area contributed by atoms with Gasteiger partial charge in [0.25, 0.3) is 0 Å². The predicted octanol–water partition coefficient (Wildman–Crippen LogP) is 29.3. The number of benzene rings is 19. The monoisotopic (exact) mass is 1420 g/mol. The molecule has 0 unspecified atom stereocenters. The highest BCUT2D eigenvalue weighted by Crippen LogP contribution is 2.55. The summed E-state index contributed by atoms with van der Waals surface area (Å²) in [5.74, 6) is 0. The van der Waals surface area contributed by atoms with Crippen molar-refractivity contribution in [3.63, 3.8) is 0 Å². The Balaban J connectivity index is 0.619. The summed E-state index contributed by atoms with van der Waals surface area (Å²) < 4.78 is 7.57. The van der Waals surface area contributed by atoms with Gasteiger partial charge in [-0.05, 0) is 271 Å². The van der Waals surface area contributed by atoms with E-state index in [9.17, 15) is 0 Å². The van der Waals surface area contributed by atoms with Crippen LogP contribution in [0.4, 0.5) is 17.1 Å². The Hall–Kier alpha value is -14.1. The number of anilines is 3. The molecule has 2 aliphatic carbocycles. The second kappa shape index (κ2) is 23.2. The lowest BCUT2D eigenvalue weighted by atomic mass is 9.82. The van der Waals surface area contributed by atoms with E-state index in [4.69, 9.17) is 0 Å². The van der Waals surface area contributed by atoms with Crippen molar-refractivity contribution in [2.75, 3.05) is 4.90 Å². The molecule has 0 aliphatic heterocycles. The maximum atomic E-state index is 2.54. The van der Waals surface area contributed by atoms with Crippen molar-refractivity contribution in [1.82, 2.24) is 13.7 Å². The molecule has 0 N–H and O–H groups in total. The Kier molecular flexibility index (Phi) is 13.1. The number of hydrogen-bond acceptors (Lipinski definition) is 1. The Labute approximate surface area is 647 Å². The first-order chi connectivity index (χ1) is 55.1. The largest absolute Gasteiger partial charge is 0.310 e. The SMILES string of the molecule is CC1(C)c2ccccc2-c2cc3c4cc(N(c5ccccc5)c5ccccc5)ccc4n(-c4ccc5c6ccc(-c7cccc(-c8ccc9c(c8)c8ccccc8n9-c8ccc9c(c8)c8cc%10c(cc8n9-c8ccc9c%11ccccc%11c%11ccccc%11c9c8)C(C)(C)c8ccccc8-%10)c7)cc6c6ccccc6c5c4)c3cc21. The number of aromatic nitrogens is 3. The molecule has 3 heterocycles. The Bertz CT molecular complexity index is 7780. The Morgan fingerprint density at radius 1 is 0.179 bits per heavy atom. The molecule has 0 saturated heterocycles. The minimum absolute atomic E-state index is 0.167. The number of hydrogen-bond donors (Lipinski definition) is 0. The standard InChI is InChI=1S/C108H72N4/c1-107(2)97-39-20-17-36-84(97)90-61-95-93-59-71(109(69-26-7-5-8-27-69)70-28-9-6-10-29-70)46-52-103(93)111(105(95)63-99(90)107)73-45-50-83-81-48-42-67(55-87(81)79-34-15-16-35-80(79)89(83)58-73)65-24-23-25-66(54-65)68-43-51-102-92(56-68)86-38-19-22-41-101(86)110(102)74-47-53-104-94(60-74)96-62-91-85-37-18-21-40-98(85)108(3,4)100(91)64-106(96)112(104)72-44-49-82-77-32-12-11-30-75(77)76-31-13-14-33-78(76)88(82)57-72/h5-64H,1-4H3. The minimum Gasteiger partial charge on any atom is -0.310 e. The van der Waals surface area contributed by atoms with E-state index in [0.29, 0.717) is 0 Å². The molecule has 3 aromatic heterocycles. The highest BCUT2D eigenvalue weighted by atomic mass is 15.1. The summed E-state index contributed by atoms with van der Waals surface area (Å²) in [4.78, 5) is 2.38. The van der Waals surface area contributed by atoms with Gasteiger partial charge in [-0.25, -0.2) is 0 Å². The summed E-state index contributed by atoms with van der Waals surface area (Å²) >= 11 is 0. The summed E-state index contributed by atoms with van der Waals surface area (Å²) in [7, 11) is 0.